The fourth-order valence-electron chi connectivity index (χ4n) is 1.12. The zero-order chi connectivity index (χ0) is 8.55. The summed E-state index contributed by atoms with van der Waals surface area (Å²) in [5, 5.41) is 1.95. The van der Waals surface area contributed by atoms with Crippen LogP contribution in [0.3, 0.4) is 0 Å². The Morgan fingerprint density at radius 1 is 1.33 bits per heavy atom. The molecule has 0 aliphatic rings. The zero-order valence-corrected chi connectivity index (χ0v) is 6.85. The molecule has 2 rings (SSSR count). The van der Waals surface area contributed by atoms with Gasteiger partial charge in [-0.25, -0.2) is 4.39 Å². The molecule has 1 heterocycles. The predicted molar refractivity (Wildman–Crippen MR) is 46.7 cm³/mol. The van der Waals surface area contributed by atoms with Crippen LogP contribution in [0, 0.1) is 5.82 Å². The molecule has 0 spiro atoms. The number of hydrogen-bond donors (Lipinski definition) is 0. The number of aromatic nitrogens is 1. The van der Waals surface area contributed by atoms with E-state index < -0.39 is 0 Å². The van der Waals surface area contributed by atoms with E-state index in [4.69, 9.17) is 11.6 Å². The quantitative estimate of drug-likeness (QED) is 0.609. The van der Waals surface area contributed by atoms with Gasteiger partial charge in [-0.15, -0.1) is 0 Å². The van der Waals surface area contributed by atoms with Crippen LogP contribution in [0.1, 0.15) is 0 Å². The number of pyridine rings is 1. The summed E-state index contributed by atoms with van der Waals surface area (Å²) in [7, 11) is 0. The summed E-state index contributed by atoms with van der Waals surface area (Å²) in [6, 6.07) is 4.44. The van der Waals surface area contributed by atoms with Gasteiger partial charge < -0.3 is 0 Å². The molecule has 0 aliphatic carbocycles. The molecular weight excluding hydrogens is 177 g/mol. The van der Waals surface area contributed by atoms with E-state index in [2.05, 4.69) is 4.98 Å². The van der Waals surface area contributed by atoms with Gasteiger partial charge in [-0.3, -0.25) is 4.98 Å². The smallest absolute Gasteiger partial charge is 0.125 e. The molecule has 12 heavy (non-hydrogen) atoms. The Balaban J connectivity index is 2.89. The average Bonchev–Trinajstić information content (AvgIpc) is 2.04. The van der Waals surface area contributed by atoms with Crippen molar-refractivity contribution in [1.29, 1.82) is 0 Å². The molecule has 0 fully saturated rings. The van der Waals surface area contributed by atoms with Gasteiger partial charge in [0.25, 0.3) is 0 Å². The first kappa shape index (κ1) is 7.50. The largest absolute Gasteiger partial charge is 0.264 e. The van der Waals surface area contributed by atoms with Crippen LogP contribution in [-0.2, 0) is 0 Å². The lowest BCUT2D eigenvalue weighted by molar-refractivity contribution is 0.630. The second-order valence-corrected chi connectivity index (χ2v) is 2.89. The zero-order valence-electron chi connectivity index (χ0n) is 6.09. The SMILES string of the molecule is Fc1cc(Cl)c2cnccc2c1. The third kappa shape index (κ3) is 1.14. The highest BCUT2D eigenvalue weighted by Crippen LogP contribution is 2.23. The van der Waals surface area contributed by atoms with Gasteiger partial charge in [-0.2, -0.15) is 0 Å². The van der Waals surface area contributed by atoms with E-state index in [9.17, 15) is 4.39 Å². The van der Waals surface area contributed by atoms with E-state index >= 15 is 0 Å². The standard InChI is InChI=1S/C9H5ClFN/c10-9-4-7(11)3-6-1-2-12-5-8(6)9/h1-5H. The first-order chi connectivity index (χ1) is 5.77. The molecule has 0 radical (unpaired) electrons. The van der Waals surface area contributed by atoms with Gasteiger partial charge in [0.05, 0.1) is 5.02 Å². The maximum atomic E-state index is 12.8. The Morgan fingerprint density at radius 2 is 2.17 bits per heavy atom. The third-order valence-electron chi connectivity index (χ3n) is 1.67. The molecule has 1 aromatic heterocycles. The Bertz CT molecular complexity index is 428. The lowest BCUT2D eigenvalue weighted by atomic mass is 10.2. The number of benzene rings is 1. The number of nitrogens with zero attached hydrogens (tertiary/aromatic N) is 1. The number of halogens is 2. The van der Waals surface area contributed by atoms with Crippen LogP contribution in [0.5, 0.6) is 0 Å². The first-order valence-corrected chi connectivity index (χ1v) is 3.84. The fraction of sp³-hybridized carbons (Fsp3) is 0. The summed E-state index contributed by atoms with van der Waals surface area (Å²) >= 11 is 5.78. The monoisotopic (exact) mass is 181 g/mol. The van der Waals surface area contributed by atoms with Crippen LogP contribution < -0.4 is 0 Å². The second kappa shape index (κ2) is 2.72. The molecular formula is C9H5ClFN. The van der Waals surface area contributed by atoms with Gasteiger partial charge in [-0.05, 0) is 23.6 Å². The molecule has 0 N–H and O–H groups in total. The molecule has 0 atom stereocenters. The minimum Gasteiger partial charge on any atom is -0.264 e. The molecule has 1 aromatic carbocycles. The van der Waals surface area contributed by atoms with Crippen molar-refractivity contribution in [1.82, 2.24) is 4.98 Å². The summed E-state index contributed by atoms with van der Waals surface area (Å²) < 4.78 is 12.8. The van der Waals surface area contributed by atoms with Crippen molar-refractivity contribution in [2.24, 2.45) is 0 Å². The van der Waals surface area contributed by atoms with Gasteiger partial charge in [0.1, 0.15) is 5.82 Å². The molecule has 0 bridgehead atoms. The highest BCUT2D eigenvalue weighted by molar-refractivity contribution is 6.35. The number of rotatable bonds is 0. The second-order valence-electron chi connectivity index (χ2n) is 2.48. The molecule has 0 saturated heterocycles. The normalized spacial score (nSPS) is 10.5. The van der Waals surface area contributed by atoms with Crippen LogP contribution in [0.4, 0.5) is 4.39 Å². The summed E-state index contributed by atoms with van der Waals surface area (Å²) in [6.45, 7) is 0. The van der Waals surface area contributed by atoms with Crippen molar-refractivity contribution in [3.63, 3.8) is 0 Å². The van der Waals surface area contributed by atoms with Crippen molar-refractivity contribution in [3.05, 3.63) is 41.4 Å². The predicted octanol–water partition coefficient (Wildman–Crippen LogP) is 3.03. The summed E-state index contributed by atoms with van der Waals surface area (Å²) in [5.74, 6) is -0.321. The molecule has 2 aromatic rings. The molecule has 0 amide bonds. The van der Waals surface area contributed by atoms with E-state index in [1.807, 2.05) is 0 Å². The maximum Gasteiger partial charge on any atom is 0.125 e. The Kier molecular flexibility index (Phi) is 1.70. The summed E-state index contributed by atoms with van der Waals surface area (Å²) in [4.78, 5) is 3.90. The highest BCUT2D eigenvalue weighted by Gasteiger charge is 2.00. The minimum absolute atomic E-state index is 0.321. The highest BCUT2D eigenvalue weighted by atomic mass is 35.5. The summed E-state index contributed by atoms with van der Waals surface area (Å²) in [5.41, 5.74) is 0. The molecule has 0 unspecified atom stereocenters. The molecule has 0 aliphatic heterocycles. The fourth-order valence-corrected chi connectivity index (χ4v) is 1.38. The topological polar surface area (TPSA) is 12.9 Å². The van der Waals surface area contributed by atoms with E-state index in [-0.39, 0.29) is 5.82 Å². The van der Waals surface area contributed by atoms with E-state index in [1.165, 1.54) is 12.1 Å². The lowest BCUT2D eigenvalue weighted by Crippen LogP contribution is -1.79. The van der Waals surface area contributed by atoms with Gasteiger partial charge in [0, 0.05) is 17.8 Å². The van der Waals surface area contributed by atoms with Gasteiger partial charge in [0.2, 0.25) is 0 Å². The molecule has 0 saturated carbocycles. The molecule has 1 nitrogen and oxygen atoms in total. The van der Waals surface area contributed by atoms with E-state index in [0.29, 0.717) is 5.02 Å². The van der Waals surface area contributed by atoms with Crippen LogP contribution >= 0.6 is 11.6 Å². The average molecular weight is 182 g/mol. The number of hydrogen-bond acceptors (Lipinski definition) is 1. The van der Waals surface area contributed by atoms with Crippen molar-refractivity contribution >= 4 is 22.4 Å². The molecule has 3 heteroatoms. The van der Waals surface area contributed by atoms with Gasteiger partial charge in [0.15, 0.2) is 0 Å². The van der Waals surface area contributed by atoms with Gasteiger partial charge >= 0.3 is 0 Å². The van der Waals surface area contributed by atoms with Crippen molar-refractivity contribution in [2.75, 3.05) is 0 Å². The molecule has 60 valence electrons. The Morgan fingerprint density at radius 3 is 3.00 bits per heavy atom. The van der Waals surface area contributed by atoms with Crippen LogP contribution in [-0.4, -0.2) is 4.98 Å². The van der Waals surface area contributed by atoms with Crippen molar-refractivity contribution in [3.8, 4) is 0 Å². The van der Waals surface area contributed by atoms with Crippen molar-refractivity contribution < 1.29 is 4.39 Å². The Hall–Kier alpha value is -1.15. The van der Waals surface area contributed by atoms with E-state index in [1.54, 1.807) is 18.5 Å². The minimum atomic E-state index is -0.321. The van der Waals surface area contributed by atoms with E-state index in [0.717, 1.165) is 10.8 Å². The summed E-state index contributed by atoms with van der Waals surface area (Å²) in [6.07, 6.45) is 3.23. The van der Waals surface area contributed by atoms with Crippen molar-refractivity contribution in [2.45, 2.75) is 0 Å². The van der Waals surface area contributed by atoms with Gasteiger partial charge in [-0.1, -0.05) is 11.6 Å². The third-order valence-corrected chi connectivity index (χ3v) is 1.98. The Labute approximate surface area is 73.8 Å². The van der Waals surface area contributed by atoms with Crippen LogP contribution in [0.15, 0.2) is 30.6 Å². The van der Waals surface area contributed by atoms with Crippen LogP contribution in [0.2, 0.25) is 5.02 Å². The maximum absolute atomic E-state index is 12.8. The lowest BCUT2D eigenvalue weighted by Gasteiger charge is -1.98. The first-order valence-electron chi connectivity index (χ1n) is 3.46. The number of fused-ring (bicyclic) bond motifs is 1. The van der Waals surface area contributed by atoms with Crippen LogP contribution in [0.25, 0.3) is 10.8 Å².